The van der Waals surface area contributed by atoms with E-state index in [1.807, 2.05) is 0 Å². The van der Waals surface area contributed by atoms with Gasteiger partial charge in [-0.1, -0.05) is 54.6 Å². The smallest absolute Gasteiger partial charge is 0.344 e. The lowest BCUT2D eigenvalue weighted by molar-refractivity contribution is -0.765. The Morgan fingerprint density at radius 2 is 1.16 bits per heavy atom. The van der Waals surface area contributed by atoms with Gasteiger partial charge in [0.15, 0.2) is 18.5 Å². The van der Waals surface area contributed by atoms with Crippen LogP contribution in [0.2, 0.25) is 0 Å². The van der Waals surface area contributed by atoms with E-state index in [0.29, 0.717) is 10.0 Å². The number of nitrogens with zero attached hydrogens (tertiary/aromatic N) is 1. The van der Waals surface area contributed by atoms with Gasteiger partial charge in [-0.15, -0.1) is 0 Å². The molecule has 0 amide bonds. The van der Waals surface area contributed by atoms with Gasteiger partial charge in [-0.3, -0.25) is 0 Å². The van der Waals surface area contributed by atoms with Crippen LogP contribution < -0.4 is 4.57 Å². The number of pyridine rings is 1. The van der Waals surface area contributed by atoms with Crippen LogP contribution in [0.1, 0.15) is 54.6 Å². The maximum Gasteiger partial charge on any atom is 0.344 e. The minimum absolute atomic E-state index is 0.162. The molecule has 2 heterocycles. The van der Waals surface area contributed by atoms with Crippen molar-refractivity contribution in [3.05, 3.63) is 136 Å². The molecule has 1 saturated heterocycles. The van der Waals surface area contributed by atoms with Gasteiger partial charge in [-0.25, -0.2) is 19.2 Å². The van der Waals surface area contributed by atoms with Crippen molar-refractivity contribution in [1.82, 2.24) is 0 Å². The molecule has 4 unspecified atom stereocenters. The molecule has 0 spiro atoms. The highest BCUT2D eigenvalue weighted by atomic mass is 79.9. The fraction of sp³-hybridized carbons (Fsp3) is 0.206. The monoisotopic (exact) mass is 674 g/mol. The molecule has 45 heavy (non-hydrogen) atoms. The topological polar surface area (TPSA) is 118 Å². The number of ether oxygens (including phenoxy) is 5. The Morgan fingerprint density at radius 3 is 1.69 bits per heavy atom. The second-order valence-corrected chi connectivity index (χ2v) is 10.8. The predicted molar refractivity (Wildman–Crippen MR) is 162 cm³/mol. The van der Waals surface area contributed by atoms with Crippen LogP contribution in [0.5, 0.6) is 0 Å². The second-order valence-electron chi connectivity index (χ2n) is 9.91. The van der Waals surface area contributed by atoms with Crippen molar-refractivity contribution in [2.24, 2.45) is 0 Å². The van der Waals surface area contributed by atoms with Crippen molar-refractivity contribution in [2.45, 2.75) is 31.5 Å². The Balaban J connectivity index is 1.52. The van der Waals surface area contributed by atoms with Crippen molar-refractivity contribution < 1.29 is 47.4 Å². The summed E-state index contributed by atoms with van der Waals surface area (Å²) in [5.74, 6) is -2.59. The average Bonchev–Trinajstić information content (AvgIpc) is 3.40. The number of esters is 4. The number of halogens is 1. The van der Waals surface area contributed by atoms with Crippen LogP contribution in [0.15, 0.2) is 114 Å². The lowest BCUT2D eigenvalue weighted by atomic mass is 10.1. The normalized spacial score (nSPS) is 18.9. The Bertz CT molecular complexity index is 1650. The molecule has 0 aliphatic carbocycles. The summed E-state index contributed by atoms with van der Waals surface area (Å²) in [5, 5.41) is 0. The molecule has 230 valence electrons. The maximum absolute atomic E-state index is 13.4. The molecule has 0 radical (unpaired) electrons. The zero-order valence-corrected chi connectivity index (χ0v) is 25.7. The summed E-state index contributed by atoms with van der Waals surface area (Å²) in [7, 11) is 0. The molecule has 1 aromatic heterocycles. The number of rotatable bonds is 10. The zero-order chi connectivity index (χ0) is 31.8. The van der Waals surface area contributed by atoms with E-state index in [1.165, 1.54) is 10.8 Å². The maximum atomic E-state index is 13.4. The fourth-order valence-corrected chi connectivity index (χ4v) is 5.22. The average molecular weight is 676 g/mol. The highest BCUT2D eigenvalue weighted by molar-refractivity contribution is 9.10. The van der Waals surface area contributed by atoms with Crippen molar-refractivity contribution in [3.8, 4) is 0 Å². The predicted octanol–water partition coefficient (Wildman–Crippen LogP) is 5.12. The van der Waals surface area contributed by atoms with Gasteiger partial charge in [0, 0.05) is 0 Å². The molecule has 1 aliphatic rings. The van der Waals surface area contributed by atoms with E-state index in [-0.39, 0.29) is 29.9 Å². The van der Waals surface area contributed by atoms with Crippen molar-refractivity contribution >= 4 is 39.8 Å². The summed E-state index contributed by atoms with van der Waals surface area (Å²) < 4.78 is 31.0. The van der Waals surface area contributed by atoms with Crippen LogP contribution in [0, 0.1) is 0 Å². The number of hydrogen-bond acceptors (Lipinski definition) is 9. The molecule has 11 heteroatoms. The van der Waals surface area contributed by atoms with E-state index >= 15 is 0 Å². The standard InChI is InChI=1S/C34H29BrNO9/c1-2-41-32(38)25-18-26(35)20-36(19-25)30-29(45-34(40)24-16-10-5-11-17-24)28(44-33(39)23-14-8-4-9-15-23)27(43-30)21-42-31(37)22-12-6-3-7-13-22/h3-20,27-30H,2,21H2,1H3/q+1. The van der Waals surface area contributed by atoms with E-state index in [0.717, 1.165) is 0 Å². The van der Waals surface area contributed by atoms with Gasteiger partial charge >= 0.3 is 30.1 Å². The first-order chi connectivity index (χ1) is 21.8. The molecule has 4 aromatic rings. The van der Waals surface area contributed by atoms with Crippen LogP contribution in [0.3, 0.4) is 0 Å². The second kappa shape index (κ2) is 14.7. The summed E-state index contributed by atoms with van der Waals surface area (Å²) >= 11 is 3.42. The highest BCUT2D eigenvalue weighted by Gasteiger charge is 2.55. The van der Waals surface area contributed by atoms with Crippen LogP contribution in [-0.4, -0.2) is 55.4 Å². The lowest BCUT2D eigenvalue weighted by Crippen LogP contribution is -2.49. The summed E-state index contributed by atoms with van der Waals surface area (Å²) in [6.07, 6.45) is -1.55. The molecule has 0 N–H and O–H groups in total. The van der Waals surface area contributed by atoms with Crippen LogP contribution in [0.4, 0.5) is 0 Å². The molecule has 1 aliphatic heterocycles. The molecular weight excluding hydrogens is 646 g/mol. The number of aromatic nitrogens is 1. The SMILES string of the molecule is CCOC(=O)c1cc(Br)c[n+](C2OC(COC(=O)c3ccccc3)C(OC(=O)c3ccccc3)C2OC(=O)c2ccccc2)c1. The van der Waals surface area contributed by atoms with Gasteiger partial charge in [0.25, 0.3) is 0 Å². The van der Waals surface area contributed by atoms with Gasteiger partial charge in [0.2, 0.25) is 6.10 Å². The third-order valence-corrected chi connectivity index (χ3v) is 7.27. The van der Waals surface area contributed by atoms with Gasteiger partial charge in [0.05, 0.1) is 27.8 Å². The van der Waals surface area contributed by atoms with Crippen LogP contribution >= 0.6 is 15.9 Å². The molecule has 1 fully saturated rings. The zero-order valence-electron chi connectivity index (χ0n) is 24.1. The van der Waals surface area contributed by atoms with E-state index in [1.54, 1.807) is 110 Å². The third kappa shape index (κ3) is 7.81. The lowest BCUT2D eigenvalue weighted by Gasteiger charge is -2.23. The number of hydrogen-bond donors (Lipinski definition) is 0. The van der Waals surface area contributed by atoms with E-state index in [4.69, 9.17) is 23.7 Å². The number of benzene rings is 3. The Labute approximate surface area is 267 Å². The minimum atomic E-state index is -1.24. The van der Waals surface area contributed by atoms with E-state index in [9.17, 15) is 19.2 Å². The number of carbonyl (C=O) groups excluding carboxylic acids is 4. The fourth-order valence-electron chi connectivity index (χ4n) is 4.73. The highest BCUT2D eigenvalue weighted by Crippen LogP contribution is 2.33. The first-order valence-electron chi connectivity index (χ1n) is 14.1. The summed E-state index contributed by atoms with van der Waals surface area (Å²) in [6, 6.07) is 26.5. The van der Waals surface area contributed by atoms with Crippen molar-refractivity contribution in [1.29, 1.82) is 0 Å². The summed E-state index contributed by atoms with van der Waals surface area (Å²) in [5.41, 5.74) is 1.03. The third-order valence-electron chi connectivity index (χ3n) is 6.84. The quantitative estimate of drug-likeness (QED) is 0.128. The van der Waals surface area contributed by atoms with Gasteiger partial charge in [-0.05, 0) is 65.3 Å². The molecule has 3 aromatic carbocycles. The Morgan fingerprint density at radius 1 is 0.667 bits per heavy atom. The van der Waals surface area contributed by atoms with Crippen LogP contribution in [0.25, 0.3) is 0 Å². The van der Waals surface area contributed by atoms with Gasteiger partial charge < -0.3 is 23.7 Å². The van der Waals surface area contributed by atoms with E-state index < -0.39 is 48.4 Å². The molecule has 10 nitrogen and oxygen atoms in total. The van der Waals surface area contributed by atoms with Gasteiger partial charge in [-0.2, -0.15) is 4.57 Å². The van der Waals surface area contributed by atoms with E-state index in [2.05, 4.69) is 15.9 Å². The van der Waals surface area contributed by atoms with Crippen molar-refractivity contribution in [3.63, 3.8) is 0 Å². The van der Waals surface area contributed by atoms with Crippen LogP contribution in [-0.2, 0) is 23.7 Å². The molecule has 5 rings (SSSR count). The minimum Gasteiger partial charge on any atom is -0.462 e. The first kappa shape index (κ1) is 31.6. The number of carbonyl (C=O) groups is 4. The van der Waals surface area contributed by atoms with Gasteiger partial charge in [0.1, 0.15) is 18.3 Å². The largest absolute Gasteiger partial charge is 0.462 e. The Hall–Kier alpha value is -4.87. The molecule has 0 bridgehead atoms. The summed E-state index contributed by atoms with van der Waals surface area (Å²) in [6.45, 7) is 1.51. The molecule has 0 saturated carbocycles. The summed E-state index contributed by atoms with van der Waals surface area (Å²) in [4.78, 5) is 52.2. The molecule has 4 atom stereocenters. The van der Waals surface area contributed by atoms with Crippen molar-refractivity contribution in [2.75, 3.05) is 13.2 Å². The Kier molecular flexibility index (Phi) is 10.3. The molecular formula is C34H29BrNO9+. The first-order valence-corrected chi connectivity index (χ1v) is 14.9.